The maximum atomic E-state index is 13.5. The van der Waals surface area contributed by atoms with Crippen LogP contribution in [0.25, 0.3) is 0 Å². The zero-order chi connectivity index (χ0) is 19.6. The molecular formula is C20H22FN3O3. The van der Waals surface area contributed by atoms with Gasteiger partial charge in [0.2, 0.25) is 5.91 Å². The van der Waals surface area contributed by atoms with Gasteiger partial charge in [0.1, 0.15) is 5.82 Å². The van der Waals surface area contributed by atoms with Gasteiger partial charge in [-0.05, 0) is 31.2 Å². The molecule has 0 spiro atoms. The Morgan fingerprint density at radius 1 is 0.889 bits per heavy atom. The summed E-state index contributed by atoms with van der Waals surface area (Å²) in [5.74, 6) is -1.63. The van der Waals surface area contributed by atoms with Gasteiger partial charge in [0.25, 0.3) is 11.8 Å². The van der Waals surface area contributed by atoms with Gasteiger partial charge in [0, 0.05) is 31.1 Å². The van der Waals surface area contributed by atoms with Crippen molar-refractivity contribution in [2.75, 3.05) is 13.1 Å². The minimum absolute atomic E-state index is 0.0407. The van der Waals surface area contributed by atoms with E-state index in [0.717, 1.165) is 0 Å². The number of hydrogen-bond acceptors (Lipinski definition) is 3. The first-order chi connectivity index (χ1) is 13.0. The fourth-order valence-electron chi connectivity index (χ4n) is 2.42. The van der Waals surface area contributed by atoms with Crippen molar-refractivity contribution in [2.45, 2.75) is 19.4 Å². The normalized spacial score (nSPS) is 11.3. The summed E-state index contributed by atoms with van der Waals surface area (Å²) in [7, 11) is 0. The lowest BCUT2D eigenvalue weighted by Crippen LogP contribution is -2.39. The van der Waals surface area contributed by atoms with Crippen LogP contribution in [-0.4, -0.2) is 36.9 Å². The van der Waals surface area contributed by atoms with Crippen molar-refractivity contribution in [3.63, 3.8) is 0 Å². The molecule has 0 aliphatic rings. The van der Waals surface area contributed by atoms with Gasteiger partial charge in [-0.2, -0.15) is 0 Å². The number of benzene rings is 2. The van der Waals surface area contributed by atoms with Crippen LogP contribution in [0, 0.1) is 5.82 Å². The Kier molecular flexibility index (Phi) is 7.49. The number of carbonyl (C=O) groups excluding carboxylic acids is 3. The van der Waals surface area contributed by atoms with E-state index in [2.05, 4.69) is 16.0 Å². The van der Waals surface area contributed by atoms with Crippen LogP contribution in [0.5, 0.6) is 0 Å². The third-order valence-corrected chi connectivity index (χ3v) is 3.76. The number of halogens is 1. The van der Waals surface area contributed by atoms with Crippen LogP contribution in [0.2, 0.25) is 0 Å². The van der Waals surface area contributed by atoms with Gasteiger partial charge in [0.15, 0.2) is 0 Å². The molecule has 0 bridgehead atoms. The van der Waals surface area contributed by atoms with Gasteiger partial charge in [-0.3, -0.25) is 14.4 Å². The van der Waals surface area contributed by atoms with Crippen molar-refractivity contribution in [2.24, 2.45) is 0 Å². The summed E-state index contributed by atoms with van der Waals surface area (Å²) in [6.07, 6.45) is 0.111. The first-order valence-corrected chi connectivity index (χ1v) is 8.62. The average Bonchev–Trinajstić information content (AvgIpc) is 2.66. The van der Waals surface area contributed by atoms with E-state index in [-0.39, 0.29) is 42.9 Å². The molecule has 2 rings (SSSR count). The zero-order valence-corrected chi connectivity index (χ0v) is 15.0. The second-order valence-electron chi connectivity index (χ2n) is 6.03. The summed E-state index contributed by atoms with van der Waals surface area (Å²) in [5, 5.41) is 7.94. The molecule has 7 heteroatoms. The lowest BCUT2D eigenvalue weighted by molar-refractivity contribution is -0.121. The Morgan fingerprint density at radius 3 is 2.22 bits per heavy atom. The van der Waals surface area contributed by atoms with Crippen molar-refractivity contribution in [1.82, 2.24) is 16.0 Å². The second kappa shape index (κ2) is 10.1. The molecule has 2 aromatic rings. The Labute approximate surface area is 157 Å². The van der Waals surface area contributed by atoms with Crippen LogP contribution < -0.4 is 16.0 Å². The smallest absolute Gasteiger partial charge is 0.254 e. The minimum Gasteiger partial charge on any atom is -0.354 e. The fourth-order valence-corrected chi connectivity index (χ4v) is 2.42. The van der Waals surface area contributed by atoms with E-state index in [1.54, 1.807) is 37.3 Å². The van der Waals surface area contributed by atoms with Gasteiger partial charge in [-0.1, -0.05) is 30.3 Å². The van der Waals surface area contributed by atoms with Crippen molar-refractivity contribution in [1.29, 1.82) is 0 Å². The average molecular weight is 371 g/mol. The van der Waals surface area contributed by atoms with E-state index in [1.165, 1.54) is 18.2 Å². The summed E-state index contributed by atoms with van der Waals surface area (Å²) in [6, 6.07) is 14.1. The number of nitrogens with one attached hydrogen (secondary N) is 3. The van der Waals surface area contributed by atoms with Crippen molar-refractivity contribution >= 4 is 17.7 Å². The molecule has 142 valence electrons. The van der Waals surface area contributed by atoms with Crippen LogP contribution in [0.15, 0.2) is 54.6 Å². The molecule has 0 aromatic heterocycles. The summed E-state index contributed by atoms with van der Waals surface area (Å²) in [4.78, 5) is 35.8. The Hall–Kier alpha value is -3.22. The van der Waals surface area contributed by atoms with Gasteiger partial charge in [-0.15, -0.1) is 0 Å². The number of hydrogen-bond donors (Lipinski definition) is 3. The van der Waals surface area contributed by atoms with Crippen LogP contribution in [0.3, 0.4) is 0 Å². The van der Waals surface area contributed by atoms with Gasteiger partial charge >= 0.3 is 0 Å². The molecule has 3 N–H and O–H groups in total. The highest BCUT2D eigenvalue weighted by Crippen LogP contribution is 2.05. The summed E-state index contributed by atoms with van der Waals surface area (Å²) < 4.78 is 13.5. The van der Waals surface area contributed by atoms with Crippen LogP contribution >= 0.6 is 0 Å². The predicted octanol–water partition coefficient (Wildman–Crippen LogP) is 1.88. The first-order valence-electron chi connectivity index (χ1n) is 8.62. The number of rotatable bonds is 8. The third kappa shape index (κ3) is 6.54. The van der Waals surface area contributed by atoms with Crippen molar-refractivity contribution < 1.29 is 18.8 Å². The van der Waals surface area contributed by atoms with Gasteiger partial charge in [-0.25, -0.2) is 4.39 Å². The molecule has 0 heterocycles. The highest BCUT2D eigenvalue weighted by Gasteiger charge is 2.13. The zero-order valence-electron chi connectivity index (χ0n) is 15.0. The third-order valence-electron chi connectivity index (χ3n) is 3.76. The maximum absolute atomic E-state index is 13.5. The van der Waals surface area contributed by atoms with Crippen LogP contribution in [0.1, 0.15) is 34.1 Å². The number of carbonyl (C=O) groups is 3. The van der Waals surface area contributed by atoms with E-state index in [4.69, 9.17) is 0 Å². The Morgan fingerprint density at radius 2 is 1.52 bits per heavy atom. The highest BCUT2D eigenvalue weighted by atomic mass is 19.1. The lowest BCUT2D eigenvalue weighted by atomic mass is 10.1. The molecule has 6 nitrogen and oxygen atoms in total. The van der Waals surface area contributed by atoms with Gasteiger partial charge < -0.3 is 16.0 Å². The molecule has 1 unspecified atom stereocenters. The van der Waals surface area contributed by atoms with Gasteiger partial charge in [0.05, 0.1) is 5.56 Å². The molecular weight excluding hydrogens is 349 g/mol. The first kappa shape index (κ1) is 20.1. The second-order valence-corrected chi connectivity index (χ2v) is 6.03. The van der Waals surface area contributed by atoms with Crippen LogP contribution in [0.4, 0.5) is 4.39 Å². The number of amides is 3. The fraction of sp³-hybridized carbons (Fsp3) is 0.250. The molecule has 27 heavy (non-hydrogen) atoms. The largest absolute Gasteiger partial charge is 0.354 e. The van der Waals surface area contributed by atoms with Crippen molar-refractivity contribution in [3.05, 3.63) is 71.5 Å². The molecule has 0 aliphatic carbocycles. The molecule has 0 fully saturated rings. The molecule has 1 atom stereocenters. The predicted molar refractivity (Wildman–Crippen MR) is 99.7 cm³/mol. The minimum atomic E-state index is -0.595. The molecule has 0 saturated carbocycles. The molecule has 3 amide bonds. The summed E-state index contributed by atoms with van der Waals surface area (Å²) in [6.45, 7) is 2.11. The van der Waals surface area contributed by atoms with E-state index in [9.17, 15) is 18.8 Å². The highest BCUT2D eigenvalue weighted by molar-refractivity contribution is 5.95. The summed E-state index contributed by atoms with van der Waals surface area (Å²) >= 11 is 0. The molecule has 0 radical (unpaired) electrons. The molecule has 2 aromatic carbocycles. The van der Waals surface area contributed by atoms with Crippen LogP contribution in [-0.2, 0) is 4.79 Å². The SMILES string of the molecule is CC(CC(=O)NCCNC(=O)c1ccccc1F)NC(=O)c1ccccc1. The van der Waals surface area contributed by atoms with E-state index in [0.29, 0.717) is 5.56 Å². The topological polar surface area (TPSA) is 87.3 Å². The molecule has 0 aliphatic heterocycles. The Balaban J connectivity index is 1.66. The lowest BCUT2D eigenvalue weighted by Gasteiger charge is -2.14. The maximum Gasteiger partial charge on any atom is 0.254 e. The Bertz CT molecular complexity index is 796. The summed E-state index contributed by atoms with van der Waals surface area (Å²) in [5.41, 5.74) is 0.488. The monoisotopic (exact) mass is 371 g/mol. The van der Waals surface area contributed by atoms with E-state index >= 15 is 0 Å². The van der Waals surface area contributed by atoms with E-state index < -0.39 is 11.7 Å². The van der Waals surface area contributed by atoms with Crippen molar-refractivity contribution in [3.8, 4) is 0 Å². The quantitative estimate of drug-likeness (QED) is 0.619. The standard InChI is InChI=1S/C20H22FN3O3/c1-14(24-19(26)15-7-3-2-4-8-15)13-18(25)22-11-12-23-20(27)16-9-5-6-10-17(16)21/h2-10,14H,11-13H2,1H3,(H,22,25)(H,23,27)(H,24,26). The van der Waals surface area contributed by atoms with E-state index in [1.807, 2.05) is 6.07 Å². The molecule has 0 saturated heterocycles.